The van der Waals surface area contributed by atoms with Crippen LogP contribution in [0, 0.1) is 0 Å². The van der Waals surface area contributed by atoms with Crippen molar-refractivity contribution in [2.75, 3.05) is 5.32 Å². The number of aromatic nitrogens is 2. The monoisotopic (exact) mass is 320 g/mol. The van der Waals surface area contributed by atoms with Crippen molar-refractivity contribution in [3.63, 3.8) is 0 Å². The summed E-state index contributed by atoms with van der Waals surface area (Å²) in [4.78, 5) is 23.7. The molecule has 116 valence electrons. The molecule has 6 nitrogen and oxygen atoms in total. The number of carbonyl (C=O) groups excluding carboxylic acids is 2. The molecule has 1 aromatic carbocycles. The second-order valence-electron chi connectivity index (χ2n) is 4.76. The predicted octanol–water partition coefficient (Wildman–Crippen LogP) is 1.89. The standard InChI is InChI=1S/C15H17ClN4O2/c1-3-12-8-13(20(2)19-12)18-15(22)14(21)17-9-10-5-4-6-11(16)7-10/h4-8H,3,9H2,1-2H3,(H,17,21)(H,18,22). The lowest BCUT2D eigenvalue weighted by molar-refractivity contribution is -0.136. The van der Waals surface area contributed by atoms with Crippen LogP contribution >= 0.6 is 11.6 Å². The highest BCUT2D eigenvalue weighted by atomic mass is 35.5. The Morgan fingerprint density at radius 2 is 2.05 bits per heavy atom. The van der Waals surface area contributed by atoms with Crippen LogP contribution in [0.5, 0.6) is 0 Å². The van der Waals surface area contributed by atoms with Gasteiger partial charge in [-0.1, -0.05) is 30.7 Å². The Bertz CT molecular complexity index is 697. The molecule has 0 spiro atoms. The van der Waals surface area contributed by atoms with Crippen molar-refractivity contribution in [1.82, 2.24) is 15.1 Å². The van der Waals surface area contributed by atoms with E-state index in [0.717, 1.165) is 17.7 Å². The number of nitrogens with zero attached hydrogens (tertiary/aromatic N) is 2. The number of carbonyl (C=O) groups is 2. The lowest BCUT2D eigenvalue weighted by Crippen LogP contribution is -2.35. The van der Waals surface area contributed by atoms with E-state index < -0.39 is 11.8 Å². The SMILES string of the molecule is CCc1cc(NC(=O)C(=O)NCc2cccc(Cl)c2)n(C)n1. The molecule has 0 aliphatic rings. The van der Waals surface area contributed by atoms with Gasteiger partial charge in [0.25, 0.3) is 0 Å². The van der Waals surface area contributed by atoms with E-state index in [-0.39, 0.29) is 6.54 Å². The molecular weight excluding hydrogens is 304 g/mol. The van der Waals surface area contributed by atoms with Crippen LogP contribution in [0.2, 0.25) is 5.02 Å². The molecule has 0 saturated heterocycles. The summed E-state index contributed by atoms with van der Waals surface area (Å²) < 4.78 is 1.53. The van der Waals surface area contributed by atoms with Crippen molar-refractivity contribution in [3.8, 4) is 0 Å². The lowest BCUT2D eigenvalue weighted by Gasteiger charge is -2.07. The van der Waals surface area contributed by atoms with Gasteiger partial charge in [-0.3, -0.25) is 14.3 Å². The lowest BCUT2D eigenvalue weighted by atomic mass is 10.2. The third kappa shape index (κ3) is 4.08. The largest absolute Gasteiger partial charge is 0.344 e. The molecule has 0 saturated carbocycles. The highest BCUT2D eigenvalue weighted by Gasteiger charge is 2.15. The summed E-state index contributed by atoms with van der Waals surface area (Å²) in [6.07, 6.45) is 0.755. The van der Waals surface area contributed by atoms with Gasteiger partial charge in [-0.2, -0.15) is 5.10 Å². The summed E-state index contributed by atoms with van der Waals surface area (Å²) in [5.74, 6) is -0.952. The third-order valence-corrected chi connectivity index (χ3v) is 3.32. The number of aryl methyl sites for hydroxylation is 2. The van der Waals surface area contributed by atoms with E-state index in [9.17, 15) is 9.59 Å². The van der Waals surface area contributed by atoms with Crippen LogP contribution in [0.15, 0.2) is 30.3 Å². The van der Waals surface area contributed by atoms with Gasteiger partial charge in [0, 0.05) is 24.7 Å². The average Bonchev–Trinajstić information content (AvgIpc) is 2.85. The maximum atomic E-state index is 11.9. The minimum Gasteiger partial charge on any atom is -0.344 e. The Morgan fingerprint density at radius 3 is 2.68 bits per heavy atom. The van der Waals surface area contributed by atoms with Crippen molar-refractivity contribution in [1.29, 1.82) is 0 Å². The van der Waals surface area contributed by atoms with Gasteiger partial charge in [-0.25, -0.2) is 0 Å². The second-order valence-corrected chi connectivity index (χ2v) is 5.20. The normalized spacial score (nSPS) is 10.3. The number of hydrogen-bond acceptors (Lipinski definition) is 3. The average molecular weight is 321 g/mol. The van der Waals surface area contributed by atoms with Gasteiger partial charge in [0.2, 0.25) is 0 Å². The number of halogens is 1. The van der Waals surface area contributed by atoms with Crippen LogP contribution in [0.25, 0.3) is 0 Å². The first-order valence-corrected chi connectivity index (χ1v) is 7.24. The van der Waals surface area contributed by atoms with Crippen LogP contribution in [-0.4, -0.2) is 21.6 Å². The summed E-state index contributed by atoms with van der Waals surface area (Å²) in [7, 11) is 1.71. The molecule has 0 bridgehead atoms. The molecule has 2 N–H and O–H groups in total. The first-order valence-electron chi connectivity index (χ1n) is 6.86. The summed E-state index contributed by atoms with van der Waals surface area (Å²) in [6.45, 7) is 2.20. The zero-order valence-corrected chi connectivity index (χ0v) is 13.1. The molecule has 7 heteroatoms. The quantitative estimate of drug-likeness (QED) is 0.845. The molecule has 0 unspecified atom stereocenters. The van der Waals surface area contributed by atoms with Gasteiger partial charge in [0.05, 0.1) is 5.69 Å². The fraction of sp³-hybridized carbons (Fsp3) is 0.267. The van der Waals surface area contributed by atoms with Gasteiger partial charge in [0.1, 0.15) is 5.82 Å². The van der Waals surface area contributed by atoms with Gasteiger partial charge in [-0.05, 0) is 24.1 Å². The number of amides is 2. The topological polar surface area (TPSA) is 76.0 Å². The van der Waals surface area contributed by atoms with E-state index in [1.807, 2.05) is 13.0 Å². The van der Waals surface area contributed by atoms with Crippen LogP contribution in [0.1, 0.15) is 18.2 Å². The second kappa shape index (κ2) is 7.09. The Morgan fingerprint density at radius 1 is 1.27 bits per heavy atom. The van der Waals surface area contributed by atoms with Crippen LogP contribution in [0.4, 0.5) is 5.82 Å². The molecule has 0 atom stereocenters. The summed E-state index contributed by atoms with van der Waals surface area (Å²) in [6, 6.07) is 8.81. The fourth-order valence-corrected chi connectivity index (χ4v) is 2.11. The fourth-order valence-electron chi connectivity index (χ4n) is 1.90. The van der Waals surface area contributed by atoms with Crippen molar-refractivity contribution in [2.45, 2.75) is 19.9 Å². The van der Waals surface area contributed by atoms with Crippen LogP contribution in [-0.2, 0) is 29.6 Å². The van der Waals surface area contributed by atoms with Gasteiger partial charge >= 0.3 is 11.8 Å². The Balaban J connectivity index is 1.92. The molecule has 2 aromatic rings. The molecule has 0 radical (unpaired) electrons. The van der Waals surface area contributed by atoms with E-state index in [0.29, 0.717) is 10.8 Å². The highest BCUT2D eigenvalue weighted by Crippen LogP contribution is 2.11. The Hall–Kier alpha value is -2.34. The minimum atomic E-state index is -0.729. The van der Waals surface area contributed by atoms with Crippen molar-refractivity contribution < 1.29 is 9.59 Å². The summed E-state index contributed by atoms with van der Waals surface area (Å²) >= 11 is 5.86. The van der Waals surface area contributed by atoms with E-state index in [2.05, 4.69) is 15.7 Å². The molecule has 1 aromatic heterocycles. The zero-order chi connectivity index (χ0) is 16.1. The zero-order valence-electron chi connectivity index (χ0n) is 12.4. The number of hydrogen-bond donors (Lipinski definition) is 2. The number of benzene rings is 1. The predicted molar refractivity (Wildman–Crippen MR) is 84.5 cm³/mol. The maximum Gasteiger partial charge on any atom is 0.314 e. The van der Waals surface area contributed by atoms with E-state index in [4.69, 9.17) is 11.6 Å². The molecule has 0 aliphatic heterocycles. The van der Waals surface area contributed by atoms with Crippen LogP contribution in [0.3, 0.4) is 0 Å². The molecule has 22 heavy (non-hydrogen) atoms. The smallest absolute Gasteiger partial charge is 0.314 e. The number of rotatable bonds is 4. The first-order chi connectivity index (χ1) is 10.5. The Kier molecular flexibility index (Phi) is 5.16. The molecule has 2 rings (SSSR count). The van der Waals surface area contributed by atoms with E-state index >= 15 is 0 Å². The molecule has 0 fully saturated rings. The molecule has 2 amide bonds. The molecular formula is C15H17ClN4O2. The number of anilines is 1. The van der Waals surface area contributed by atoms with E-state index in [1.54, 1.807) is 31.3 Å². The van der Waals surface area contributed by atoms with Crippen LogP contribution < -0.4 is 10.6 Å². The van der Waals surface area contributed by atoms with Crippen molar-refractivity contribution in [3.05, 3.63) is 46.6 Å². The molecule has 1 heterocycles. The first kappa shape index (κ1) is 16.0. The van der Waals surface area contributed by atoms with Crippen molar-refractivity contribution in [2.24, 2.45) is 7.05 Å². The maximum absolute atomic E-state index is 11.9. The third-order valence-electron chi connectivity index (χ3n) is 3.08. The Labute approximate surface area is 133 Å². The van der Waals surface area contributed by atoms with Gasteiger partial charge in [0.15, 0.2) is 0 Å². The molecule has 0 aliphatic carbocycles. The van der Waals surface area contributed by atoms with Crippen molar-refractivity contribution >= 4 is 29.2 Å². The highest BCUT2D eigenvalue weighted by molar-refractivity contribution is 6.39. The minimum absolute atomic E-state index is 0.235. The summed E-state index contributed by atoms with van der Waals surface area (Å²) in [5, 5.41) is 9.86. The van der Waals surface area contributed by atoms with E-state index in [1.165, 1.54) is 4.68 Å². The van der Waals surface area contributed by atoms with Gasteiger partial charge < -0.3 is 10.6 Å². The van der Waals surface area contributed by atoms with Gasteiger partial charge in [-0.15, -0.1) is 0 Å². The number of nitrogens with one attached hydrogen (secondary N) is 2. The summed E-state index contributed by atoms with van der Waals surface area (Å²) in [5.41, 5.74) is 1.67.